The summed E-state index contributed by atoms with van der Waals surface area (Å²) in [6.45, 7) is 3.89. The topological polar surface area (TPSA) is 44.1 Å². The van der Waals surface area contributed by atoms with Crippen molar-refractivity contribution in [1.29, 1.82) is 5.26 Å². The van der Waals surface area contributed by atoms with Crippen LogP contribution in [0.2, 0.25) is 0 Å². The number of carbonyl (C=O) groups is 1. The Bertz CT molecular complexity index is 540. The van der Waals surface area contributed by atoms with E-state index in [4.69, 9.17) is 5.26 Å². The van der Waals surface area contributed by atoms with Crippen LogP contribution in [0.25, 0.3) is 0 Å². The molecule has 0 bridgehead atoms. The summed E-state index contributed by atoms with van der Waals surface area (Å²) < 4.78 is 0. The lowest BCUT2D eigenvalue weighted by Gasteiger charge is -2.24. The van der Waals surface area contributed by atoms with Gasteiger partial charge < -0.3 is 4.90 Å². The monoisotopic (exact) mass is 256 g/mol. The fourth-order valence-corrected chi connectivity index (χ4v) is 2.59. The predicted octanol–water partition coefficient (Wildman–Crippen LogP) is 2.68. The first-order chi connectivity index (χ1) is 8.94. The molecule has 0 fully saturated rings. The first-order valence-corrected chi connectivity index (χ1v) is 6.71. The minimum absolute atomic E-state index is 0.129. The lowest BCUT2D eigenvalue weighted by molar-refractivity contribution is -0.136. The van der Waals surface area contributed by atoms with E-state index in [2.05, 4.69) is 24.3 Å². The van der Waals surface area contributed by atoms with Gasteiger partial charge in [-0.2, -0.15) is 5.26 Å². The number of benzene rings is 1. The molecule has 0 spiro atoms. The SMILES string of the molecule is CN(Cc1ccc2c(c1)CCC2)C(=O)C(C)(C)C#N. The number of fused-ring (bicyclic) bond motifs is 1. The fourth-order valence-electron chi connectivity index (χ4n) is 2.59. The summed E-state index contributed by atoms with van der Waals surface area (Å²) in [4.78, 5) is 13.8. The number of rotatable bonds is 3. The Hall–Kier alpha value is -1.82. The fraction of sp³-hybridized carbons (Fsp3) is 0.500. The van der Waals surface area contributed by atoms with Crippen LogP contribution < -0.4 is 0 Å². The van der Waals surface area contributed by atoms with Crippen LogP contribution in [0.15, 0.2) is 18.2 Å². The zero-order valence-electron chi connectivity index (χ0n) is 11.9. The van der Waals surface area contributed by atoms with Crippen LogP contribution in [0, 0.1) is 16.7 Å². The van der Waals surface area contributed by atoms with Crippen LogP contribution in [-0.4, -0.2) is 17.9 Å². The highest BCUT2D eigenvalue weighted by molar-refractivity contribution is 5.84. The van der Waals surface area contributed by atoms with Crippen molar-refractivity contribution in [3.05, 3.63) is 34.9 Å². The zero-order valence-corrected chi connectivity index (χ0v) is 11.9. The average Bonchev–Trinajstić information content (AvgIpc) is 2.85. The van der Waals surface area contributed by atoms with Gasteiger partial charge in [0, 0.05) is 13.6 Å². The highest BCUT2D eigenvalue weighted by Crippen LogP contribution is 2.24. The summed E-state index contributed by atoms with van der Waals surface area (Å²) in [5.74, 6) is -0.129. The first kappa shape index (κ1) is 13.6. The molecule has 0 unspecified atom stereocenters. The van der Waals surface area contributed by atoms with Crippen molar-refractivity contribution in [2.75, 3.05) is 7.05 Å². The van der Waals surface area contributed by atoms with Crippen molar-refractivity contribution in [2.24, 2.45) is 5.41 Å². The third-order valence-electron chi connectivity index (χ3n) is 3.74. The van der Waals surface area contributed by atoms with Gasteiger partial charge in [0.05, 0.1) is 6.07 Å². The quantitative estimate of drug-likeness (QED) is 0.834. The number of hydrogen-bond donors (Lipinski definition) is 0. The minimum atomic E-state index is -0.953. The molecule has 3 heteroatoms. The Morgan fingerprint density at radius 2 is 2.05 bits per heavy atom. The highest BCUT2D eigenvalue weighted by atomic mass is 16.2. The summed E-state index contributed by atoms with van der Waals surface area (Å²) in [7, 11) is 1.76. The Morgan fingerprint density at radius 1 is 1.37 bits per heavy atom. The highest BCUT2D eigenvalue weighted by Gasteiger charge is 2.30. The van der Waals surface area contributed by atoms with Crippen molar-refractivity contribution < 1.29 is 4.79 Å². The third kappa shape index (κ3) is 2.78. The van der Waals surface area contributed by atoms with E-state index in [1.807, 2.05) is 0 Å². The van der Waals surface area contributed by atoms with Gasteiger partial charge in [-0.15, -0.1) is 0 Å². The standard InChI is InChI=1S/C16H20N2O/c1-16(2,11-17)15(19)18(3)10-12-7-8-13-5-4-6-14(13)9-12/h7-9H,4-6,10H2,1-3H3. The normalized spacial score (nSPS) is 13.8. The van der Waals surface area contributed by atoms with Crippen LogP contribution in [0.4, 0.5) is 0 Å². The van der Waals surface area contributed by atoms with E-state index >= 15 is 0 Å². The molecule has 0 atom stereocenters. The molecule has 2 rings (SSSR count). The molecule has 0 saturated heterocycles. The molecule has 19 heavy (non-hydrogen) atoms. The van der Waals surface area contributed by atoms with E-state index < -0.39 is 5.41 Å². The van der Waals surface area contributed by atoms with Gasteiger partial charge in [0.15, 0.2) is 0 Å². The second-order valence-corrected chi connectivity index (χ2v) is 5.85. The van der Waals surface area contributed by atoms with Gasteiger partial charge in [-0.05, 0) is 49.8 Å². The number of aryl methyl sites for hydroxylation is 2. The van der Waals surface area contributed by atoms with Crippen molar-refractivity contribution in [3.8, 4) is 6.07 Å². The van der Waals surface area contributed by atoms with Crippen molar-refractivity contribution in [1.82, 2.24) is 4.90 Å². The van der Waals surface area contributed by atoms with E-state index in [0.717, 1.165) is 12.0 Å². The second kappa shape index (κ2) is 5.05. The van der Waals surface area contributed by atoms with Crippen molar-refractivity contribution >= 4 is 5.91 Å². The maximum atomic E-state index is 12.1. The molecule has 0 N–H and O–H groups in total. The molecule has 3 nitrogen and oxygen atoms in total. The number of carbonyl (C=O) groups excluding carboxylic acids is 1. The number of hydrogen-bond acceptors (Lipinski definition) is 2. The lowest BCUT2D eigenvalue weighted by atomic mass is 9.94. The molecule has 0 saturated carbocycles. The van der Waals surface area contributed by atoms with Gasteiger partial charge >= 0.3 is 0 Å². The minimum Gasteiger partial charge on any atom is -0.340 e. The van der Waals surface area contributed by atoms with Gasteiger partial charge in [-0.25, -0.2) is 0 Å². The van der Waals surface area contributed by atoms with Crippen LogP contribution in [0.1, 0.15) is 37.0 Å². The number of nitriles is 1. The van der Waals surface area contributed by atoms with Gasteiger partial charge in [0.1, 0.15) is 5.41 Å². The molecule has 1 aromatic rings. The maximum Gasteiger partial charge on any atom is 0.242 e. The summed E-state index contributed by atoms with van der Waals surface area (Å²) in [6.07, 6.45) is 3.55. The van der Waals surface area contributed by atoms with E-state index in [-0.39, 0.29) is 5.91 Å². The van der Waals surface area contributed by atoms with Crippen molar-refractivity contribution in [2.45, 2.75) is 39.7 Å². The Labute approximate surface area is 114 Å². The van der Waals surface area contributed by atoms with Gasteiger partial charge in [0.25, 0.3) is 0 Å². The van der Waals surface area contributed by atoms with Crippen LogP contribution >= 0.6 is 0 Å². The Balaban J connectivity index is 2.10. The van der Waals surface area contributed by atoms with Gasteiger partial charge in [0.2, 0.25) is 5.91 Å². The second-order valence-electron chi connectivity index (χ2n) is 5.85. The summed E-state index contributed by atoms with van der Waals surface area (Å²) in [6, 6.07) is 8.52. The van der Waals surface area contributed by atoms with E-state index in [1.165, 1.54) is 24.0 Å². The molecule has 0 aromatic heterocycles. The summed E-state index contributed by atoms with van der Waals surface area (Å²) >= 11 is 0. The molecule has 0 aliphatic heterocycles. The van der Waals surface area contributed by atoms with Crippen LogP contribution in [0.5, 0.6) is 0 Å². The van der Waals surface area contributed by atoms with Crippen molar-refractivity contribution in [3.63, 3.8) is 0 Å². The molecule has 100 valence electrons. The Kier molecular flexibility index (Phi) is 3.61. The van der Waals surface area contributed by atoms with Gasteiger partial charge in [-0.1, -0.05) is 18.2 Å². The number of amides is 1. The molecule has 1 aliphatic carbocycles. The van der Waals surface area contributed by atoms with Crippen LogP contribution in [-0.2, 0) is 24.2 Å². The molecule has 1 aliphatic rings. The van der Waals surface area contributed by atoms with E-state index in [0.29, 0.717) is 6.54 Å². The van der Waals surface area contributed by atoms with E-state index in [9.17, 15) is 4.79 Å². The third-order valence-corrected chi connectivity index (χ3v) is 3.74. The molecule has 1 amide bonds. The Morgan fingerprint density at radius 3 is 2.74 bits per heavy atom. The predicted molar refractivity (Wildman–Crippen MR) is 74.3 cm³/mol. The number of nitrogens with zero attached hydrogens (tertiary/aromatic N) is 2. The van der Waals surface area contributed by atoms with E-state index in [1.54, 1.807) is 25.8 Å². The van der Waals surface area contributed by atoms with Gasteiger partial charge in [-0.3, -0.25) is 4.79 Å². The zero-order chi connectivity index (χ0) is 14.0. The summed E-state index contributed by atoms with van der Waals surface area (Å²) in [5.41, 5.74) is 3.05. The molecule has 1 aromatic carbocycles. The largest absolute Gasteiger partial charge is 0.340 e. The smallest absolute Gasteiger partial charge is 0.242 e. The summed E-state index contributed by atoms with van der Waals surface area (Å²) in [5, 5.41) is 9.01. The van der Waals surface area contributed by atoms with Crippen LogP contribution in [0.3, 0.4) is 0 Å². The molecular formula is C16H20N2O. The average molecular weight is 256 g/mol. The molecular weight excluding hydrogens is 236 g/mol. The molecule has 0 radical (unpaired) electrons. The maximum absolute atomic E-state index is 12.1. The molecule has 0 heterocycles. The lowest BCUT2D eigenvalue weighted by Crippen LogP contribution is -2.37. The first-order valence-electron chi connectivity index (χ1n) is 6.71.